The van der Waals surface area contributed by atoms with Crippen LogP contribution in [0.15, 0.2) is 66.7 Å². The van der Waals surface area contributed by atoms with Crippen molar-refractivity contribution in [3.63, 3.8) is 0 Å². The number of aromatic nitrogens is 2. The van der Waals surface area contributed by atoms with Gasteiger partial charge in [-0.25, -0.2) is 14.3 Å². The highest BCUT2D eigenvalue weighted by atomic mass is 19.4. The molecular formula is C30H28F6N8O3. The lowest BCUT2D eigenvalue weighted by Gasteiger charge is -2.20. The number of nitrogens with zero attached hydrogens (tertiary/aromatic N) is 2. The molecule has 0 bridgehead atoms. The topological polar surface area (TPSA) is 169 Å². The van der Waals surface area contributed by atoms with Crippen molar-refractivity contribution < 1.29 is 40.7 Å². The Balaban J connectivity index is 1.71. The fourth-order valence-corrected chi connectivity index (χ4v) is 4.41. The fraction of sp³-hybridized carbons (Fsp3) is 0.200. The average molecular weight is 663 g/mol. The van der Waals surface area contributed by atoms with Crippen molar-refractivity contribution in [3.8, 4) is 11.3 Å². The van der Waals surface area contributed by atoms with Crippen LogP contribution in [0.3, 0.4) is 0 Å². The number of alkyl halides is 6. The number of hydrogen-bond acceptors (Lipinski definition) is 5. The zero-order valence-electron chi connectivity index (χ0n) is 24.9. The molecule has 0 aliphatic heterocycles. The number of carbonyl (C=O) groups is 3. The molecule has 47 heavy (non-hydrogen) atoms. The van der Waals surface area contributed by atoms with Gasteiger partial charge in [0.05, 0.1) is 28.0 Å². The summed E-state index contributed by atoms with van der Waals surface area (Å²) >= 11 is 0. The van der Waals surface area contributed by atoms with Crippen LogP contribution in [0.2, 0.25) is 0 Å². The molecule has 0 unspecified atom stereocenters. The van der Waals surface area contributed by atoms with E-state index in [1.807, 2.05) is 0 Å². The second kappa shape index (κ2) is 12.6. The van der Waals surface area contributed by atoms with Crippen LogP contribution in [0.1, 0.15) is 42.3 Å². The van der Waals surface area contributed by atoms with E-state index in [0.29, 0.717) is 12.1 Å². The number of nitrogen functional groups attached to an aromatic ring is 1. The molecule has 1 aromatic heterocycles. The van der Waals surface area contributed by atoms with Gasteiger partial charge in [-0.1, -0.05) is 18.2 Å². The minimum atomic E-state index is -4.68. The Kier molecular flexibility index (Phi) is 9.13. The number of carbonyl (C=O) groups excluding carboxylic acids is 3. The van der Waals surface area contributed by atoms with Crippen molar-refractivity contribution in [2.24, 2.45) is 5.73 Å². The Morgan fingerprint density at radius 1 is 0.702 bits per heavy atom. The highest BCUT2D eigenvalue weighted by molar-refractivity contribution is 6.08. The summed E-state index contributed by atoms with van der Waals surface area (Å²) in [7, 11) is 0. The van der Waals surface area contributed by atoms with Crippen LogP contribution in [-0.2, 0) is 17.9 Å². The number of primary amides is 1. The van der Waals surface area contributed by atoms with Gasteiger partial charge in [0.15, 0.2) is 0 Å². The predicted molar refractivity (Wildman–Crippen MR) is 164 cm³/mol. The maximum Gasteiger partial charge on any atom is 0.416 e. The fourth-order valence-electron chi connectivity index (χ4n) is 4.41. The summed E-state index contributed by atoms with van der Waals surface area (Å²) in [4.78, 5) is 38.2. The van der Waals surface area contributed by atoms with Crippen LogP contribution < -0.4 is 32.7 Å². The number of nitrogens with one attached hydrogen (secondary N) is 4. The summed E-state index contributed by atoms with van der Waals surface area (Å²) in [5, 5.41) is 13.8. The summed E-state index contributed by atoms with van der Waals surface area (Å²) in [5.41, 5.74) is 8.49. The minimum Gasteiger partial charge on any atom is -0.383 e. The number of nitrogens with two attached hydrogens (primary N) is 2. The third kappa shape index (κ3) is 8.11. The van der Waals surface area contributed by atoms with Crippen LogP contribution in [0, 0.1) is 0 Å². The van der Waals surface area contributed by atoms with E-state index >= 15 is 0 Å². The van der Waals surface area contributed by atoms with E-state index in [4.69, 9.17) is 11.5 Å². The molecule has 0 spiro atoms. The van der Waals surface area contributed by atoms with Gasteiger partial charge in [0.1, 0.15) is 17.1 Å². The molecular weight excluding hydrogens is 634 g/mol. The van der Waals surface area contributed by atoms with Gasteiger partial charge >= 0.3 is 24.4 Å². The van der Waals surface area contributed by atoms with E-state index < -0.39 is 47.0 Å². The molecule has 8 N–H and O–H groups in total. The Bertz CT molecular complexity index is 1840. The van der Waals surface area contributed by atoms with Crippen molar-refractivity contribution >= 4 is 46.5 Å². The van der Waals surface area contributed by atoms with Gasteiger partial charge in [-0.05, 0) is 69.3 Å². The monoisotopic (exact) mass is 662 g/mol. The van der Waals surface area contributed by atoms with Gasteiger partial charge in [0.2, 0.25) is 0 Å². The Hall–Kier alpha value is -5.74. The SMILES string of the molecule is CC(C)(C)n1nc(-c2ccc(NC(=O)Nc3cccc(C(F)(F)F)c3)c(NC(=O)Nc3cccc(C(F)(F)F)c3)c2)c(C(N)=O)c1N. The number of rotatable bonds is 6. The van der Waals surface area contributed by atoms with Crippen molar-refractivity contribution in [1.82, 2.24) is 9.78 Å². The van der Waals surface area contributed by atoms with Crippen LogP contribution in [-0.4, -0.2) is 27.7 Å². The Labute approximate surface area is 263 Å². The first kappa shape index (κ1) is 34.1. The minimum absolute atomic E-state index is 0.0197. The molecule has 0 radical (unpaired) electrons. The van der Waals surface area contributed by atoms with E-state index in [9.17, 15) is 40.7 Å². The lowest BCUT2D eigenvalue weighted by molar-refractivity contribution is -0.138. The summed E-state index contributed by atoms with van der Waals surface area (Å²) in [6.45, 7) is 5.31. The maximum absolute atomic E-state index is 13.2. The van der Waals surface area contributed by atoms with E-state index in [1.54, 1.807) is 20.8 Å². The number of benzene rings is 3. The molecule has 0 saturated carbocycles. The zero-order valence-corrected chi connectivity index (χ0v) is 24.9. The smallest absolute Gasteiger partial charge is 0.383 e. The molecule has 17 heteroatoms. The van der Waals surface area contributed by atoms with Crippen LogP contribution in [0.5, 0.6) is 0 Å². The maximum atomic E-state index is 13.2. The molecule has 5 amide bonds. The third-order valence-corrected chi connectivity index (χ3v) is 6.49. The second-order valence-corrected chi connectivity index (χ2v) is 11.1. The average Bonchev–Trinajstić information content (AvgIpc) is 3.31. The summed E-state index contributed by atoms with van der Waals surface area (Å²) in [6, 6.07) is 9.62. The van der Waals surface area contributed by atoms with Gasteiger partial charge in [-0.2, -0.15) is 31.4 Å². The quantitative estimate of drug-likeness (QED) is 0.119. The number of urea groups is 2. The summed E-state index contributed by atoms with van der Waals surface area (Å²) in [5.74, 6) is -0.952. The van der Waals surface area contributed by atoms with Crippen molar-refractivity contribution in [2.75, 3.05) is 27.0 Å². The molecule has 0 aliphatic carbocycles. The molecule has 0 saturated heterocycles. The highest BCUT2D eigenvalue weighted by Gasteiger charge is 2.32. The van der Waals surface area contributed by atoms with E-state index in [0.717, 1.165) is 24.3 Å². The van der Waals surface area contributed by atoms with Gasteiger partial charge in [0.25, 0.3) is 5.91 Å². The van der Waals surface area contributed by atoms with Crippen molar-refractivity contribution in [2.45, 2.75) is 38.7 Å². The van der Waals surface area contributed by atoms with E-state index in [2.05, 4.69) is 26.4 Å². The molecule has 0 atom stereocenters. The lowest BCUT2D eigenvalue weighted by atomic mass is 10.0. The molecule has 4 rings (SSSR count). The largest absolute Gasteiger partial charge is 0.416 e. The van der Waals surface area contributed by atoms with Crippen molar-refractivity contribution in [1.29, 1.82) is 0 Å². The molecule has 0 fully saturated rings. The molecule has 0 aliphatic rings. The lowest BCUT2D eigenvalue weighted by Crippen LogP contribution is -2.25. The third-order valence-electron chi connectivity index (χ3n) is 6.49. The Morgan fingerprint density at radius 2 is 1.19 bits per heavy atom. The highest BCUT2D eigenvalue weighted by Crippen LogP contribution is 2.36. The molecule has 3 aromatic carbocycles. The summed E-state index contributed by atoms with van der Waals surface area (Å²) in [6.07, 6.45) is -9.34. The molecule has 248 valence electrons. The summed E-state index contributed by atoms with van der Waals surface area (Å²) < 4.78 is 80.3. The van der Waals surface area contributed by atoms with Gasteiger partial charge in [-0.15, -0.1) is 0 Å². The van der Waals surface area contributed by atoms with Crippen LogP contribution >= 0.6 is 0 Å². The van der Waals surface area contributed by atoms with Gasteiger partial charge in [0, 0.05) is 16.9 Å². The molecule has 4 aromatic rings. The predicted octanol–water partition coefficient (Wildman–Crippen LogP) is 7.31. The molecule has 1 heterocycles. The normalized spacial score (nSPS) is 11.9. The van der Waals surface area contributed by atoms with Crippen molar-refractivity contribution in [3.05, 3.63) is 83.4 Å². The van der Waals surface area contributed by atoms with Gasteiger partial charge in [-0.3, -0.25) is 4.79 Å². The van der Waals surface area contributed by atoms with E-state index in [1.165, 1.54) is 35.0 Å². The van der Waals surface area contributed by atoms with Crippen LogP contribution in [0.4, 0.5) is 64.5 Å². The first-order valence-corrected chi connectivity index (χ1v) is 13.6. The number of amides is 5. The molecule has 11 nitrogen and oxygen atoms in total. The Morgan fingerprint density at radius 3 is 1.64 bits per heavy atom. The first-order valence-electron chi connectivity index (χ1n) is 13.6. The van der Waals surface area contributed by atoms with E-state index in [-0.39, 0.29) is 45.4 Å². The number of anilines is 5. The first-order chi connectivity index (χ1) is 21.7. The number of halogens is 6. The number of hydrogen-bond donors (Lipinski definition) is 6. The van der Waals surface area contributed by atoms with Gasteiger partial charge < -0.3 is 32.7 Å². The van der Waals surface area contributed by atoms with Crippen LogP contribution in [0.25, 0.3) is 11.3 Å². The zero-order chi connectivity index (χ0) is 34.9. The standard InChI is InChI=1S/C30H28F6N8O3/c1-28(2,3)44-24(37)22(25(38)45)23(43-44)15-10-11-20(41-26(46)39-18-8-4-6-16(13-18)29(31,32)33)21(12-15)42-27(47)40-19-9-5-7-17(14-19)30(34,35)36/h4-14H,37H2,1-3H3,(H2,38,45)(H2,39,41,46)(H2,40,42,47). The second-order valence-electron chi connectivity index (χ2n) is 11.1.